The molecule has 2 N–H and O–H groups in total. The molecule has 0 aliphatic carbocycles. The fraction of sp³-hybridized carbons (Fsp3) is 0.120. The number of amides is 2. The second-order valence-corrected chi connectivity index (χ2v) is 7.79. The fourth-order valence-electron chi connectivity index (χ4n) is 3.99. The molecule has 2 heterocycles. The molecule has 0 spiro atoms. The Bertz CT molecular complexity index is 1400. The van der Waals surface area contributed by atoms with Crippen LogP contribution in [0, 0.1) is 11.6 Å². The second kappa shape index (κ2) is 8.05. The number of benzene rings is 3. The third-order valence-corrected chi connectivity index (χ3v) is 5.73. The Hall–Kier alpha value is -4.20. The number of nitrogens with zero attached hydrogens (tertiary/aromatic N) is 1. The van der Waals surface area contributed by atoms with Crippen molar-refractivity contribution in [3.63, 3.8) is 0 Å². The summed E-state index contributed by atoms with van der Waals surface area (Å²) in [5, 5.41) is 3.28. The molecule has 0 saturated carbocycles. The van der Waals surface area contributed by atoms with E-state index in [1.807, 2.05) is 0 Å². The summed E-state index contributed by atoms with van der Waals surface area (Å²) in [6.07, 6.45) is 1.57. The Morgan fingerprint density at radius 3 is 2.76 bits per heavy atom. The van der Waals surface area contributed by atoms with Crippen molar-refractivity contribution in [2.24, 2.45) is 0 Å². The average molecular weight is 447 g/mol. The summed E-state index contributed by atoms with van der Waals surface area (Å²) in [7, 11) is 1.63. The molecule has 0 radical (unpaired) electrons. The Morgan fingerprint density at radius 1 is 1.09 bits per heavy atom. The predicted molar refractivity (Wildman–Crippen MR) is 120 cm³/mol. The van der Waals surface area contributed by atoms with Gasteiger partial charge in [-0.15, -0.1) is 0 Å². The lowest BCUT2D eigenvalue weighted by Gasteiger charge is -2.20. The van der Waals surface area contributed by atoms with E-state index in [4.69, 9.17) is 4.74 Å². The first-order valence-electron chi connectivity index (χ1n) is 10.3. The van der Waals surface area contributed by atoms with Crippen LogP contribution in [0.4, 0.5) is 14.5 Å². The molecule has 1 atom stereocenters. The molecule has 8 heteroatoms. The largest absolute Gasteiger partial charge is 0.489 e. The van der Waals surface area contributed by atoms with E-state index in [2.05, 4.69) is 10.3 Å². The van der Waals surface area contributed by atoms with Crippen LogP contribution in [0.1, 0.15) is 10.4 Å². The molecule has 0 fully saturated rings. The van der Waals surface area contributed by atoms with Crippen LogP contribution in [-0.4, -0.2) is 36.5 Å². The zero-order chi connectivity index (χ0) is 23.1. The van der Waals surface area contributed by atoms with Gasteiger partial charge in [-0.1, -0.05) is 12.1 Å². The number of carbonyl (C=O) groups excluding carboxylic acids is 2. The monoisotopic (exact) mass is 447 g/mol. The van der Waals surface area contributed by atoms with Crippen LogP contribution in [0.5, 0.6) is 5.75 Å². The first-order chi connectivity index (χ1) is 15.9. The van der Waals surface area contributed by atoms with Gasteiger partial charge < -0.3 is 19.9 Å². The van der Waals surface area contributed by atoms with Gasteiger partial charge in [0, 0.05) is 40.8 Å². The maximum atomic E-state index is 14.3. The van der Waals surface area contributed by atoms with E-state index < -0.39 is 23.6 Å². The quantitative estimate of drug-likeness (QED) is 0.493. The van der Waals surface area contributed by atoms with E-state index in [1.165, 1.54) is 4.90 Å². The van der Waals surface area contributed by atoms with Crippen molar-refractivity contribution in [2.75, 3.05) is 18.6 Å². The summed E-state index contributed by atoms with van der Waals surface area (Å²) < 4.78 is 33.8. The zero-order valence-electron chi connectivity index (χ0n) is 17.6. The lowest BCUT2D eigenvalue weighted by molar-refractivity contribution is -0.120. The topological polar surface area (TPSA) is 74.4 Å². The van der Waals surface area contributed by atoms with Crippen LogP contribution in [0.25, 0.3) is 22.0 Å². The average Bonchev–Trinajstić information content (AvgIpc) is 3.20. The molecule has 1 aliphatic heterocycles. The van der Waals surface area contributed by atoms with Crippen LogP contribution < -0.4 is 15.0 Å². The van der Waals surface area contributed by atoms with Gasteiger partial charge in [0.1, 0.15) is 30.0 Å². The summed E-state index contributed by atoms with van der Waals surface area (Å²) in [4.78, 5) is 30.4. The second-order valence-electron chi connectivity index (χ2n) is 7.79. The molecule has 0 bridgehead atoms. The number of para-hydroxylation sites is 2. The van der Waals surface area contributed by atoms with Gasteiger partial charge >= 0.3 is 0 Å². The standard InChI is InChI=1S/C25H19F2N3O3/c1-30-22-4-2-3-5-23(22)33-13-21(25(30)32)29-24(31)14-6-9-20-17(10-14)18(12-28-20)16-11-15(26)7-8-19(16)27/h2-12,21,28H,13H2,1H3,(H,29,31)/t21-/m0/s1. The van der Waals surface area contributed by atoms with Gasteiger partial charge in [-0.3, -0.25) is 9.59 Å². The summed E-state index contributed by atoms with van der Waals surface area (Å²) >= 11 is 0. The third-order valence-electron chi connectivity index (χ3n) is 5.73. The third kappa shape index (κ3) is 3.69. The van der Waals surface area contributed by atoms with E-state index in [9.17, 15) is 18.4 Å². The fourth-order valence-corrected chi connectivity index (χ4v) is 3.99. The SMILES string of the molecule is CN1C(=O)[C@@H](NC(=O)c2ccc3[nH]cc(-c4cc(F)ccc4F)c3c2)COc2ccccc21. The summed E-state index contributed by atoms with van der Waals surface area (Å²) in [5.74, 6) is -1.37. The number of H-pyrrole nitrogens is 1. The van der Waals surface area contributed by atoms with Gasteiger partial charge in [0.15, 0.2) is 0 Å². The summed E-state index contributed by atoms with van der Waals surface area (Å²) in [6.45, 7) is -0.0158. The van der Waals surface area contributed by atoms with Crippen molar-refractivity contribution in [1.82, 2.24) is 10.3 Å². The molecule has 6 nitrogen and oxygen atoms in total. The number of aromatic nitrogens is 1. The van der Waals surface area contributed by atoms with E-state index >= 15 is 0 Å². The van der Waals surface area contributed by atoms with Gasteiger partial charge in [-0.05, 0) is 48.5 Å². The lowest BCUT2D eigenvalue weighted by Crippen LogP contribution is -2.49. The number of aromatic amines is 1. The smallest absolute Gasteiger partial charge is 0.252 e. The normalized spacial score (nSPS) is 15.7. The first-order valence-corrected chi connectivity index (χ1v) is 10.3. The van der Waals surface area contributed by atoms with Crippen LogP contribution in [-0.2, 0) is 4.79 Å². The predicted octanol–water partition coefficient (Wildman–Crippen LogP) is 4.27. The van der Waals surface area contributed by atoms with Crippen molar-refractivity contribution in [3.05, 3.63) is 84.1 Å². The molecule has 4 aromatic rings. The number of likely N-dealkylation sites (N-methyl/N-ethyl adjacent to an activating group) is 1. The van der Waals surface area contributed by atoms with Crippen molar-refractivity contribution < 1.29 is 23.1 Å². The number of hydrogen-bond donors (Lipinski definition) is 2. The Kier molecular flexibility index (Phi) is 5.05. The van der Waals surface area contributed by atoms with Crippen LogP contribution in [0.3, 0.4) is 0 Å². The van der Waals surface area contributed by atoms with Crippen molar-refractivity contribution >= 4 is 28.4 Å². The molecule has 2 amide bonds. The van der Waals surface area contributed by atoms with Gasteiger partial charge in [-0.2, -0.15) is 0 Å². The minimum absolute atomic E-state index is 0.0158. The van der Waals surface area contributed by atoms with E-state index in [-0.39, 0.29) is 23.6 Å². The molecule has 5 rings (SSSR count). The highest BCUT2D eigenvalue weighted by molar-refractivity contribution is 6.06. The number of ether oxygens (including phenoxy) is 1. The van der Waals surface area contributed by atoms with Gasteiger partial charge in [0.05, 0.1) is 5.69 Å². The summed E-state index contributed by atoms with van der Waals surface area (Å²) in [6, 6.07) is 14.3. The minimum atomic E-state index is -0.892. The Labute approximate surface area is 187 Å². The van der Waals surface area contributed by atoms with Crippen LogP contribution in [0.2, 0.25) is 0 Å². The Balaban J connectivity index is 1.43. The molecular formula is C25H19F2N3O3. The zero-order valence-corrected chi connectivity index (χ0v) is 17.6. The van der Waals surface area contributed by atoms with E-state index in [0.717, 1.165) is 18.2 Å². The maximum Gasteiger partial charge on any atom is 0.252 e. The number of halogens is 2. The molecular weight excluding hydrogens is 428 g/mol. The number of fused-ring (bicyclic) bond motifs is 2. The van der Waals surface area contributed by atoms with Crippen LogP contribution >= 0.6 is 0 Å². The lowest BCUT2D eigenvalue weighted by atomic mass is 10.0. The van der Waals surface area contributed by atoms with Gasteiger partial charge in [0.25, 0.3) is 11.8 Å². The van der Waals surface area contributed by atoms with Crippen LogP contribution in [0.15, 0.2) is 66.9 Å². The van der Waals surface area contributed by atoms with Gasteiger partial charge in [-0.25, -0.2) is 8.78 Å². The molecule has 3 aromatic carbocycles. The molecule has 1 aromatic heterocycles. The minimum Gasteiger partial charge on any atom is -0.489 e. The van der Waals surface area contributed by atoms with Gasteiger partial charge in [0.2, 0.25) is 0 Å². The molecule has 33 heavy (non-hydrogen) atoms. The van der Waals surface area contributed by atoms with Crippen molar-refractivity contribution in [3.8, 4) is 16.9 Å². The molecule has 0 saturated heterocycles. The summed E-state index contributed by atoms with van der Waals surface area (Å²) in [5.41, 5.74) is 2.08. The highest BCUT2D eigenvalue weighted by atomic mass is 19.1. The van der Waals surface area contributed by atoms with E-state index in [0.29, 0.717) is 27.9 Å². The number of nitrogens with one attached hydrogen (secondary N) is 2. The maximum absolute atomic E-state index is 14.3. The highest BCUT2D eigenvalue weighted by Gasteiger charge is 2.30. The van der Waals surface area contributed by atoms with E-state index in [1.54, 1.807) is 55.7 Å². The Morgan fingerprint density at radius 2 is 1.91 bits per heavy atom. The first kappa shape index (κ1) is 20.7. The number of rotatable bonds is 3. The van der Waals surface area contributed by atoms with Crippen molar-refractivity contribution in [1.29, 1.82) is 0 Å². The number of carbonyl (C=O) groups is 2. The molecule has 166 valence electrons. The highest BCUT2D eigenvalue weighted by Crippen LogP contribution is 2.32. The number of hydrogen-bond acceptors (Lipinski definition) is 3. The molecule has 1 aliphatic rings. The molecule has 0 unspecified atom stereocenters. The van der Waals surface area contributed by atoms with Crippen molar-refractivity contribution in [2.45, 2.75) is 6.04 Å². The number of anilines is 1.